The first-order chi connectivity index (χ1) is 15.8. The Hall–Kier alpha value is -3.22. The molecule has 3 N–H and O–H groups in total. The molecule has 6 heteroatoms. The van der Waals surface area contributed by atoms with E-state index in [1.807, 2.05) is 42.5 Å². The monoisotopic (exact) mass is 430 g/mol. The number of benzene rings is 2. The Morgan fingerprint density at radius 1 is 0.875 bits per heavy atom. The number of amides is 1. The first kappa shape index (κ1) is 22.0. The standard InChI is InChI=1S/C26H30N4O2/c31-26(29-23-14-16-27-17-15-23)22-8-10-24(11-9-22)30-28-18-20-6-12-25(13-7-20)32-19-21-4-2-1-3-5-21/h1-7,12-17,22,24,28,30H,8-11,18-19H2,(H,27,29,31). The largest absolute Gasteiger partial charge is 0.489 e. The van der Waals surface area contributed by atoms with Crippen LogP contribution in [0.15, 0.2) is 79.1 Å². The van der Waals surface area contributed by atoms with Crippen molar-refractivity contribution in [1.82, 2.24) is 15.8 Å². The summed E-state index contributed by atoms with van der Waals surface area (Å²) in [6, 6.07) is 22.3. The van der Waals surface area contributed by atoms with E-state index in [0.717, 1.165) is 49.2 Å². The molecule has 1 aliphatic rings. The molecule has 1 aliphatic carbocycles. The van der Waals surface area contributed by atoms with Gasteiger partial charge in [0.25, 0.3) is 0 Å². The lowest BCUT2D eigenvalue weighted by Crippen LogP contribution is -2.43. The number of ether oxygens (including phenoxy) is 1. The second-order valence-electron chi connectivity index (χ2n) is 8.19. The smallest absolute Gasteiger partial charge is 0.227 e. The zero-order chi connectivity index (χ0) is 22.0. The van der Waals surface area contributed by atoms with Crippen molar-refractivity contribution in [3.63, 3.8) is 0 Å². The summed E-state index contributed by atoms with van der Waals surface area (Å²) in [4.78, 5) is 16.4. The second kappa shape index (κ2) is 11.4. The number of carbonyl (C=O) groups is 1. The molecule has 0 atom stereocenters. The predicted octanol–water partition coefficient (Wildman–Crippen LogP) is 4.45. The van der Waals surface area contributed by atoms with Gasteiger partial charge in [-0.15, -0.1) is 0 Å². The fraction of sp³-hybridized carbons (Fsp3) is 0.308. The van der Waals surface area contributed by atoms with Crippen molar-refractivity contribution < 1.29 is 9.53 Å². The predicted molar refractivity (Wildman–Crippen MR) is 126 cm³/mol. The van der Waals surface area contributed by atoms with Gasteiger partial charge in [0.05, 0.1) is 0 Å². The van der Waals surface area contributed by atoms with Gasteiger partial charge in [0.15, 0.2) is 0 Å². The molecule has 1 aromatic heterocycles. The van der Waals surface area contributed by atoms with Crippen LogP contribution in [0.25, 0.3) is 0 Å². The highest BCUT2D eigenvalue weighted by Crippen LogP contribution is 2.25. The quantitative estimate of drug-likeness (QED) is 0.437. The maximum Gasteiger partial charge on any atom is 0.227 e. The fourth-order valence-electron chi connectivity index (χ4n) is 3.92. The van der Waals surface area contributed by atoms with Gasteiger partial charge in [0.1, 0.15) is 12.4 Å². The number of aromatic nitrogens is 1. The van der Waals surface area contributed by atoms with Gasteiger partial charge in [-0.2, -0.15) is 0 Å². The Morgan fingerprint density at radius 2 is 1.59 bits per heavy atom. The average Bonchev–Trinajstić information content (AvgIpc) is 2.85. The lowest BCUT2D eigenvalue weighted by molar-refractivity contribution is -0.120. The molecule has 0 saturated heterocycles. The zero-order valence-corrected chi connectivity index (χ0v) is 18.2. The highest BCUT2D eigenvalue weighted by molar-refractivity contribution is 5.92. The van der Waals surface area contributed by atoms with Crippen molar-refractivity contribution in [3.05, 3.63) is 90.3 Å². The van der Waals surface area contributed by atoms with Crippen LogP contribution in [-0.2, 0) is 17.9 Å². The molecular weight excluding hydrogens is 400 g/mol. The van der Waals surface area contributed by atoms with E-state index < -0.39 is 0 Å². The summed E-state index contributed by atoms with van der Waals surface area (Å²) in [5, 5.41) is 2.99. The van der Waals surface area contributed by atoms with Crippen LogP contribution in [0.4, 0.5) is 5.69 Å². The van der Waals surface area contributed by atoms with E-state index in [1.165, 1.54) is 5.56 Å². The number of nitrogens with zero attached hydrogens (tertiary/aromatic N) is 1. The van der Waals surface area contributed by atoms with E-state index in [1.54, 1.807) is 12.4 Å². The molecule has 4 rings (SSSR count). The van der Waals surface area contributed by atoms with Gasteiger partial charge in [-0.3, -0.25) is 20.6 Å². The van der Waals surface area contributed by atoms with Crippen LogP contribution in [0.1, 0.15) is 36.8 Å². The van der Waals surface area contributed by atoms with Crippen LogP contribution in [0, 0.1) is 5.92 Å². The summed E-state index contributed by atoms with van der Waals surface area (Å²) < 4.78 is 5.84. The minimum atomic E-state index is 0.0737. The van der Waals surface area contributed by atoms with E-state index >= 15 is 0 Å². The summed E-state index contributed by atoms with van der Waals surface area (Å²) >= 11 is 0. The van der Waals surface area contributed by atoms with Crippen molar-refractivity contribution in [1.29, 1.82) is 0 Å². The topological polar surface area (TPSA) is 75.3 Å². The van der Waals surface area contributed by atoms with Crippen LogP contribution < -0.4 is 20.9 Å². The minimum Gasteiger partial charge on any atom is -0.489 e. The lowest BCUT2D eigenvalue weighted by Gasteiger charge is -2.28. The van der Waals surface area contributed by atoms with E-state index in [0.29, 0.717) is 12.6 Å². The number of hydrogen-bond acceptors (Lipinski definition) is 5. The van der Waals surface area contributed by atoms with Crippen molar-refractivity contribution in [2.75, 3.05) is 5.32 Å². The highest BCUT2D eigenvalue weighted by atomic mass is 16.5. The van der Waals surface area contributed by atoms with Gasteiger partial charge < -0.3 is 10.1 Å². The van der Waals surface area contributed by atoms with Gasteiger partial charge in [-0.25, -0.2) is 0 Å². The fourth-order valence-corrected chi connectivity index (χ4v) is 3.92. The molecule has 1 saturated carbocycles. The Morgan fingerprint density at radius 3 is 2.31 bits per heavy atom. The van der Waals surface area contributed by atoms with E-state index in [2.05, 4.69) is 45.4 Å². The van der Waals surface area contributed by atoms with Crippen molar-refractivity contribution in [2.24, 2.45) is 5.92 Å². The summed E-state index contributed by atoms with van der Waals surface area (Å²) in [6.45, 7) is 1.31. The minimum absolute atomic E-state index is 0.0737. The Balaban J connectivity index is 1.13. The average molecular weight is 431 g/mol. The molecule has 0 spiro atoms. The lowest BCUT2D eigenvalue weighted by atomic mass is 9.85. The number of pyridine rings is 1. The van der Waals surface area contributed by atoms with Gasteiger partial charge in [0.2, 0.25) is 5.91 Å². The molecule has 1 heterocycles. The third-order valence-electron chi connectivity index (χ3n) is 5.82. The molecule has 32 heavy (non-hydrogen) atoms. The molecule has 0 bridgehead atoms. The maximum absolute atomic E-state index is 12.5. The third kappa shape index (κ3) is 6.64. The van der Waals surface area contributed by atoms with Crippen LogP contribution in [0.3, 0.4) is 0 Å². The number of anilines is 1. The number of hydrazine groups is 1. The molecule has 1 fully saturated rings. The summed E-state index contributed by atoms with van der Waals surface area (Å²) in [5.74, 6) is 1.05. The van der Waals surface area contributed by atoms with E-state index in [4.69, 9.17) is 4.74 Å². The first-order valence-electron chi connectivity index (χ1n) is 11.2. The Bertz CT molecular complexity index is 956. The SMILES string of the molecule is O=C(Nc1ccncc1)C1CCC(NNCc2ccc(OCc3ccccc3)cc2)CC1. The van der Waals surface area contributed by atoms with Crippen LogP contribution >= 0.6 is 0 Å². The molecule has 2 aromatic carbocycles. The molecular formula is C26H30N4O2. The van der Waals surface area contributed by atoms with E-state index in [-0.39, 0.29) is 11.8 Å². The van der Waals surface area contributed by atoms with Gasteiger partial charge in [-0.05, 0) is 61.1 Å². The zero-order valence-electron chi connectivity index (χ0n) is 18.2. The Kier molecular flexibility index (Phi) is 7.84. The molecule has 0 aliphatic heterocycles. The highest BCUT2D eigenvalue weighted by Gasteiger charge is 2.26. The molecule has 0 unspecified atom stereocenters. The molecule has 3 aromatic rings. The summed E-state index contributed by atoms with van der Waals surface area (Å²) in [7, 11) is 0. The van der Waals surface area contributed by atoms with Crippen LogP contribution in [0.2, 0.25) is 0 Å². The molecule has 6 nitrogen and oxygen atoms in total. The van der Waals surface area contributed by atoms with Gasteiger partial charge >= 0.3 is 0 Å². The maximum atomic E-state index is 12.5. The molecule has 1 amide bonds. The van der Waals surface area contributed by atoms with E-state index in [9.17, 15) is 4.79 Å². The van der Waals surface area contributed by atoms with Crippen molar-refractivity contribution in [2.45, 2.75) is 44.9 Å². The normalized spacial score (nSPS) is 18.1. The second-order valence-corrected chi connectivity index (χ2v) is 8.19. The number of carbonyl (C=O) groups excluding carboxylic acids is 1. The summed E-state index contributed by atoms with van der Waals surface area (Å²) in [5.41, 5.74) is 9.91. The number of nitrogens with one attached hydrogen (secondary N) is 3. The molecule has 0 radical (unpaired) electrons. The van der Waals surface area contributed by atoms with Crippen molar-refractivity contribution >= 4 is 11.6 Å². The van der Waals surface area contributed by atoms with Gasteiger partial charge in [0, 0.05) is 36.6 Å². The number of rotatable bonds is 9. The van der Waals surface area contributed by atoms with Crippen LogP contribution in [-0.4, -0.2) is 16.9 Å². The van der Waals surface area contributed by atoms with Gasteiger partial charge in [-0.1, -0.05) is 42.5 Å². The Labute approximate surface area is 189 Å². The molecule has 166 valence electrons. The van der Waals surface area contributed by atoms with Crippen molar-refractivity contribution in [3.8, 4) is 5.75 Å². The van der Waals surface area contributed by atoms with Crippen LogP contribution in [0.5, 0.6) is 5.75 Å². The third-order valence-corrected chi connectivity index (χ3v) is 5.82. The first-order valence-corrected chi connectivity index (χ1v) is 11.2. The summed E-state index contributed by atoms with van der Waals surface area (Å²) in [6.07, 6.45) is 7.12. The number of hydrogen-bond donors (Lipinski definition) is 3.